The van der Waals surface area contributed by atoms with Crippen molar-refractivity contribution in [3.05, 3.63) is 47.4 Å². The average molecular weight is 313 g/mol. The molecule has 0 saturated heterocycles. The first-order chi connectivity index (χ1) is 11.0. The zero-order chi connectivity index (χ0) is 16.6. The molecule has 0 bridgehead atoms. The van der Waals surface area contributed by atoms with E-state index in [2.05, 4.69) is 15.4 Å². The maximum absolute atomic E-state index is 12.3. The van der Waals surface area contributed by atoms with Gasteiger partial charge >= 0.3 is 5.97 Å². The van der Waals surface area contributed by atoms with Crippen LogP contribution in [0.25, 0.3) is 0 Å². The van der Waals surface area contributed by atoms with Crippen LogP contribution in [0.4, 0.5) is 11.6 Å². The van der Waals surface area contributed by atoms with Crippen molar-refractivity contribution in [2.45, 2.75) is 13.0 Å². The van der Waals surface area contributed by atoms with Gasteiger partial charge < -0.3 is 15.0 Å². The standard InChI is InChI=1S/C16H19N5O2/c1-10-13(15(22)23-4)14(21-16(19-10)17-9-18-21)11-5-7-12(8-6-11)20(2)3/h5-9,14H,1-4H3,(H,17,18,19)/t14-/m0/s1. The zero-order valence-electron chi connectivity index (χ0n) is 13.6. The van der Waals surface area contributed by atoms with Gasteiger partial charge in [0, 0.05) is 25.5 Å². The van der Waals surface area contributed by atoms with Crippen LogP contribution in [-0.4, -0.2) is 41.9 Å². The van der Waals surface area contributed by atoms with Crippen molar-refractivity contribution in [2.75, 3.05) is 31.4 Å². The number of nitrogens with one attached hydrogen (secondary N) is 1. The van der Waals surface area contributed by atoms with Crippen LogP contribution in [0.5, 0.6) is 0 Å². The number of benzene rings is 1. The normalized spacial score (nSPS) is 16.6. The van der Waals surface area contributed by atoms with Gasteiger partial charge in [-0.3, -0.25) is 0 Å². The van der Waals surface area contributed by atoms with Crippen LogP contribution < -0.4 is 10.2 Å². The minimum absolute atomic E-state index is 0.364. The molecule has 7 heteroatoms. The Labute approximate surface area is 134 Å². The second-order valence-corrected chi connectivity index (χ2v) is 5.57. The fourth-order valence-electron chi connectivity index (χ4n) is 2.73. The lowest BCUT2D eigenvalue weighted by Gasteiger charge is -2.28. The number of nitrogens with zero attached hydrogens (tertiary/aromatic N) is 4. The first kappa shape index (κ1) is 15.1. The lowest BCUT2D eigenvalue weighted by Crippen LogP contribution is -2.29. The molecular weight excluding hydrogens is 294 g/mol. The summed E-state index contributed by atoms with van der Waals surface area (Å²) < 4.78 is 6.66. The van der Waals surface area contributed by atoms with E-state index in [1.54, 1.807) is 4.68 Å². The number of allylic oxidation sites excluding steroid dienone is 1. The summed E-state index contributed by atoms with van der Waals surface area (Å²) in [6.07, 6.45) is 1.47. The molecule has 1 aliphatic heterocycles. The maximum atomic E-state index is 12.3. The number of carbonyl (C=O) groups excluding carboxylic acids is 1. The lowest BCUT2D eigenvalue weighted by molar-refractivity contribution is -0.136. The number of aromatic nitrogens is 3. The molecule has 0 aliphatic carbocycles. The molecular formula is C16H19N5O2. The summed E-state index contributed by atoms with van der Waals surface area (Å²) in [6.45, 7) is 1.84. The van der Waals surface area contributed by atoms with Gasteiger partial charge in [-0.15, -0.1) is 0 Å². The van der Waals surface area contributed by atoms with Crippen molar-refractivity contribution in [3.63, 3.8) is 0 Å². The molecule has 1 atom stereocenters. The van der Waals surface area contributed by atoms with Crippen molar-refractivity contribution in [1.82, 2.24) is 14.8 Å². The van der Waals surface area contributed by atoms with E-state index in [4.69, 9.17) is 4.74 Å². The van der Waals surface area contributed by atoms with Crippen molar-refractivity contribution < 1.29 is 9.53 Å². The molecule has 0 saturated carbocycles. The van der Waals surface area contributed by atoms with E-state index in [0.29, 0.717) is 11.5 Å². The van der Waals surface area contributed by atoms with E-state index in [1.165, 1.54) is 13.4 Å². The van der Waals surface area contributed by atoms with Crippen molar-refractivity contribution in [2.24, 2.45) is 0 Å². The van der Waals surface area contributed by atoms with Gasteiger partial charge in [-0.05, 0) is 24.6 Å². The van der Waals surface area contributed by atoms with E-state index < -0.39 is 0 Å². The average Bonchev–Trinajstić information content (AvgIpc) is 3.00. The molecule has 0 unspecified atom stereocenters. The minimum atomic E-state index is -0.377. The van der Waals surface area contributed by atoms with Crippen LogP contribution in [0.15, 0.2) is 41.9 Å². The third-order valence-electron chi connectivity index (χ3n) is 3.92. The van der Waals surface area contributed by atoms with E-state index in [0.717, 1.165) is 16.9 Å². The predicted octanol–water partition coefficient (Wildman–Crippen LogP) is 1.81. The second-order valence-electron chi connectivity index (χ2n) is 5.57. The summed E-state index contributed by atoms with van der Waals surface area (Å²) in [5, 5.41) is 7.36. The van der Waals surface area contributed by atoms with Crippen molar-refractivity contribution in [1.29, 1.82) is 0 Å². The topological polar surface area (TPSA) is 72.3 Å². The largest absolute Gasteiger partial charge is 0.466 e. The Kier molecular flexibility index (Phi) is 3.77. The minimum Gasteiger partial charge on any atom is -0.466 e. The highest BCUT2D eigenvalue weighted by Crippen LogP contribution is 2.35. The van der Waals surface area contributed by atoms with E-state index in [1.807, 2.05) is 50.2 Å². The number of esters is 1. The van der Waals surface area contributed by atoms with Crippen LogP contribution in [0.3, 0.4) is 0 Å². The van der Waals surface area contributed by atoms with Gasteiger partial charge in [-0.1, -0.05) is 12.1 Å². The van der Waals surface area contributed by atoms with E-state index in [-0.39, 0.29) is 12.0 Å². The fraction of sp³-hybridized carbons (Fsp3) is 0.312. The summed E-state index contributed by atoms with van der Waals surface area (Å²) in [6, 6.07) is 7.65. The predicted molar refractivity (Wildman–Crippen MR) is 87.3 cm³/mol. The number of fused-ring (bicyclic) bond motifs is 1. The van der Waals surface area contributed by atoms with Gasteiger partial charge in [0.15, 0.2) is 0 Å². The Balaban J connectivity index is 2.11. The first-order valence-electron chi connectivity index (χ1n) is 7.26. The van der Waals surface area contributed by atoms with Gasteiger partial charge in [-0.25, -0.2) is 9.48 Å². The van der Waals surface area contributed by atoms with Gasteiger partial charge in [0.25, 0.3) is 0 Å². The Morgan fingerprint density at radius 2 is 2.00 bits per heavy atom. The first-order valence-corrected chi connectivity index (χ1v) is 7.26. The highest BCUT2D eigenvalue weighted by atomic mass is 16.5. The number of ether oxygens (including phenoxy) is 1. The monoisotopic (exact) mass is 313 g/mol. The third kappa shape index (κ3) is 2.54. The van der Waals surface area contributed by atoms with Crippen LogP contribution in [0.1, 0.15) is 18.5 Å². The molecule has 120 valence electrons. The number of carbonyl (C=O) groups is 1. The van der Waals surface area contributed by atoms with Crippen LogP contribution in [0.2, 0.25) is 0 Å². The van der Waals surface area contributed by atoms with Gasteiger partial charge in [0.05, 0.1) is 12.7 Å². The molecule has 2 aromatic rings. The summed E-state index contributed by atoms with van der Waals surface area (Å²) in [5.74, 6) is 0.231. The molecule has 0 spiro atoms. The van der Waals surface area contributed by atoms with Gasteiger partial charge in [-0.2, -0.15) is 10.1 Å². The summed E-state index contributed by atoms with van der Waals surface area (Å²) in [5.41, 5.74) is 3.28. The lowest BCUT2D eigenvalue weighted by atomic mass is 9.95. The second kappa shape index (κ2) is 5.75. The highest BCUT2D eigenvalue weighted by Gasteiger charge is 2.33. The van der Waals surface area contributed by atoms with Crippen molar-refractivity contribution >= 4 is 17.6 Å². The Morgan fingerprint density at radius 1 is 1.30 bits per heavy atom. The molecule has 23 heavy (non-hydrogen) atoms. The molecule has 1 aliphatic rings. The van der Waals surface area contributed by atoms with Crippen molar-refractivity contribution in [3.8, 4) is 0 Å². The molecule has 0 amide bonds. The number of anilines is 2. The number of hydrogen-bond donors (Lipinski definition) is 1. The third-order valence-corrected chi connectivity index (χ3v) is 3.92. The summed E-state index contributed by atoms with van der Waals surface area (Å²) in [4.78, 5) is 18.5. The van der Waals surface area contributed by atoms with Gasteiger partial charge in [0.2, 0.25) is 5.95 Å². The fourth-order valence-corrected chi connectivity index (χ4v) is 2.73. The van der Waals surface area contributed by atoms with Crippen LogP contribution in [-0.2, 0) is 9.53 Å². The Morgan fingerprint density at radius 3 is 2.61 bits per heavy atom. The highest BCUT2D eigenvalue weighted by molar-refractivity contribution is 5.92. The quantitative estimate of drug-likeness (QED) is 0.871. The van der Waals surface area contributed by atoms with Crippen LogP contribution >= 0.6 is 0 Å². The summed E-state index contributed by atoms with van der Waals surface area (Å²) in [7, 11) is 5.35. The van der Waals surface area contributed by atoms with Crippen LogP contribution in [0, 0.1) is 0 Å². The smallest absolute Gasteiger partial charge is 0.338 e. The van der Waals surface area contributed by atoms with E-state index >= 15 is 0 Å². The number of hydrogen-bond acceptors (Lipinski definition) is 6. The Bertz CT molecular complexity index is 761. The zero-order valence-corrected chi connectivity index (χ0v) is 13.6. The molecule has 2 heterocycles. The molecule has 7 nitrogen and oxygen atoms in total. The molecule has 1 N–H and O–H groups in total. The van der Waals surface area contributed by atoms with Gasteiger partial charge in [0.1, 0.15) is 12.4 Å². The molecule has 1 aromatic carbocycles. The molecule has 0 fully saturated rings. The number of rotatable bonds is 3. The number of methoxy groups -OCH3 is 1. The SMILES string of the molecule is COC(=O)C1=C(C)Nc2ncnn2[C@H]1c1ccc(N(C)C)cc1. The maximum Gasteiger partial charge on any atom is 0.338 e. The Hall–Kier alpha value is -2.83. The molecule has 1 aromatic heterocycles. The van der Waals surface area contributed by atoms with E-state index in [9.17, 15) is 4.79 Å². The molecule has 0 radical (unpaired) electrons. The summed E-state index contributed by atoms with van der Waals surface area (Å²) >= 11 is 0. The molecule has 3 rings (SSSR count).